The second-order valence-electron chi connectivity index (χ2n) is 8.75. The van der Waals surface area contributed by atoms with Crippen LogP contribution in [0.3, 0.4) is 0 Å². The maximum Gasteiger partial charge on any atom is 0.275 e. The number of hydrogen-bond acceptors (Lipinski definition) is 4. The van der Waals surface area contributed by atoms with E-state index < -0.39 is 17.1 Å². The summed E-state index contributed by atoms with van der Waals surface area (Å²) in [6.07, 6.45) is 3.34. The van der Waals surface area contributed by atoms with Gasteiger partial charge in [0, 0.05) is 57.3 Å². The number of likely N-dealkylation sites (tertiary alicyclic amines) is 3. The Morgan fingerprint density at radius 2 is 1.76 bits per heavy atom. The van der Waals surface area contributed by atoms with Gasteiger partial charge in [-0.3, -0.25) is 14.4 Å². The lowest BCUT2D eigenvalue weighted by Gasteiger charge is -2.32. The van der Waals surface area contributed by atoms with E-state index in [0.29, 0.717) is 32.7 Å². The molecule has 0 radical (unpaired) electrons. The third-order valence-corrected chi connectivity index (χ3v) is 6.48. The molecule has 0 aliphatic carbocycles. The Morgan fingerprint density at radius 1 is 1.10 bits per heavy atom. The zero-order chi connectivity index (χ0) is 20.8. The number of amides is 3. The van der Waals surface area contributed by atoms with Crippen molar-refractivity contribution in [3.05, 3.63) is 29.8 Å². The van der Waals surface area contributed by atoms with E-state index in [-0.39, 0.29) is 35.9 Å². The van der Waals surface area contributed by atoms with Crippen LogP contribution >= 0.6 is 0 Å². The van der Waals surface area contributed by atoms with Crippen LogP contribution in [0.15, 0.2) is 18.3 Å². The zero-order valence-corrected chi connectivity index (χ0v) is 16.9. The quantitative estimate of drug-likeness (QED) is 0.766. The molecule has 1 aromatic heterocycles. The highest BCUT2D eigenvalue weighted by atomic mass is 19.1. The van der Waals surface area contributed by atoms with Crippen LogP contribution < -0.4 is 0 Å². The Kier molecular flexibility index (Phi) is 5.04. The third-order valence-electron chi connectivity index (χ3n) is 6.48. The summed E-state index contributed by atoms with van der Waals surface area (Å²) in [7, 11) is 0. The van der Waals surface area contributed by atoms with E-state index in [9.17, 15) is 18.8 Å². The minimum atomic E-state index is -0.810. The highest BCUT2D eigenvalue weighted by Gasteiger charge is 2.60. The second kappa shape index (κ2) is 7.39. The van der Waals surface area contributed by atoms with Crippen molar-refractivity contribution in [1.29, 1.82) is 0 Å². The molecule has 0 aromatic carbocycles. The molecule has 3 saturated heterocycles. The number of rotatable bonds is 3. The second-order valence-corrected chi connectivity index (χ2v) is 8.75. The predicted molar refractivity (Wildman–Crippen MR) is 103 cm³/mol. The molecule has 156 valence electrons. The third kappa shape index (κ3) is 3.28. The Hall–Kier alpha value is -2.51. The van der Waals surface area contributed by atoms with Crippen molar-refractivity contribution in [2.45, 2.75) is 26.7 Å². The molecule has 0 unspecified atom stereocenters. The summed E-state index contributed by atoms with van der Waals surface area (Å²) >= 11 is 0. The Morgan fingerprint density at radius 3 is 2.41 bits per heavy atom. The van der Waals surface area contributed by atoms with Crippen LogP contribution in [0, 0.1) is 23.1 Å². The maximum atomic E-state index is 14.1. The topological polar surface area (TPSA) is 73.8 Å². The van der Waals surface area contributed by atoms with E-state index in [1.807, 2.05) is 18.7 Å². The van der Waals surface area contributed by atoms with E-state index in [4.69, 9.17) is 0 Å². The summed E-state index contributed by atoms with van der Waals surface area (Å²) in [5, 5.41) is 0. The molecule has 4 heterocycles. The predicted octanol–water partition coefficient (Wildman–Crippen LogP) is 1.40. The Labute approximate surface area is 169 Å². The monoisotopic (exact) mass is 402 g/mol. The number of halogens is 1. The summed E-state index contributed by atoms with van der Waals surface area (Å²) in [6, 6.07) is 2.66. The fraction of sp³-hybridized carbons (Fsp3) is 0.619. The van der Waals surface area contributed by atoms with Gasteiger partial charge in [-0.2, -0.15) is 0 Å². The molecule has 0 saturated carbocycles. The molecule has 0 spiro atoms. The molecular weight excluding hydrogens is 375 g/mol. The van der Waals surface area contributed by atoms with Gasteiger partial charge >= 0.3 is 0 Å². The zero-order valence-electron chi connectivity index (χ0n) is 16.9. The van der Waals surface area contributed by atoms with Gasteiger partial charge in [-0.15, -0.1) is 0 Å². The summed E-state index contributed by atoms with van der Waals surface area (Å²) in [5.74, 6) is -1.39. The van der Waals surface area contributed by atoms with Gasteiger partial charge in [0.05, 0.1) is 5.41 Å². The number of hydrogen-bond donors (Lipinski definition) is 0. The van der Waals surface area contributed by atoms with Crippen LogP contribution in [-0.4, -0.2) is 76.7 Å². The van der Waals surface area contributed by atoms with Crippen LogP contribution in [0.2, 0.25) is 0 Å². The van der Waals surface area contributed by atoms with E-state index in [0.717, 1.165) is 12.8 Å². The molecule has 2 atom stereocenters. The molecule has 4 rings (SSSR count). The van der Waals surface area contributed by atoms with E-state index >= 15 is 0 Å². The van der Waals surface area contributed by atoms with Crippen molar-refractivity contribution in [3.8, 4) is 0 Å². The number of aromatic nitrogens is 1. The first-order valence-electron chi connectivity index (χ1n) is 10.3. The summed E-state index contributed by atoms with van der Waals surface area (Å²) in [5.41, 5.74) is -1.03. The number of fused-ring (bicyclic) bond motifs is 1. The summed E-state index contributed by atoms with van der Waals surface area (Å²) < 4.78 is 14.1. The largest absolute Gasteiger partial charge is 0.342 e. The van der Waals surface area contributed by atoms with Gasteiger partial charge in [0.2, 0.25) is 11.8 Å². The van der Waals surface area contributed by atoms with Crippen molar-refractivity contribution in [2.75, 3.05) is 39.3 Å². The van der Waals surface area contributed by atoms with E-state index in [1.165, 1.54) is 18.3 Å². The Balaban J connectivity index is 1.62. The van der Waals surface area contributed by atoms with E-state index in [1.54, 1.807) is 9.80 Å². The minimum absolute atomic E-state index is 0.0239. The number of pyridine rings is 1. The smallest absolute Gasteiger partial charge is 0.275 e. The molecule has 0 bridgehead atoms. The molecule has 0 N–H and O–H groups in total. The van der Waals surface area contributed by atoms with Crippen molar-refractivity contribution >= 4 is 17.7 Å². The van der Waals surface area contributed by atoms with Crippen LogP contribution in [0.1, 0.15) is 37.2 Å². The average molecular weight is 402 g/mol. The van der Waals surface area contributed by atoms with Crippen molar-refractivity contribution < 1.29 is 18.8 Å². The van der Waals surface area contributed by atoms with Crippen molar-refractivity contribution in [2.24, 2.45) is 17.3 Å². The highest BCUT2D eigenvalue weighted by Crippen LogP contribution is 2.45. The van der Waals surface area contributed by atoms with Crippen LogP contribution in [0.4, 0.5) is 4.39 Å². The molecule has 7 nitrogen and oxygen atoms in total. The first-order valence-corrected chi connectivity index (χ1v) is 10.3. The number of carbonyl (C=O) groups excluding carboxylic acids is 3. The van der Waals surface area contributed by atoms with Gasteiger partial charge < -0.3 is 14.7 Å². The van der Waals surface area contributed by atoms with Gasteiger partial charge in [0.1, 0.15) is 0 Å². The lowest BCUT2D eigenvalue weighted by molar-refractivity contribution is -0.141. The summed E-state index contributed by atoms with van der Waals surface area (Å²) in [6.45, 7) is 6.43. The van der Waals surface area contributed by atoms with Crippen LogP contribution in [0.5, 0.6) is 0 Å². The normalized spacial score (nSPS) is 26.3. The maximum absolute atomic E-state index is 14.1. The van der Waals surface area contributed by atoms with Crippen LogP contribution in [-0.2, 0) is 9.59 Å². The van der Waals surface area contributed by atoms with Crippen molar-refractivity contribution in [3.63, 3.8) is 0 Å². The molecule has 3 amide bonds. The van der Waals surface area contributed by atoms with Gasteiger partial charge in [-0.25, -0.2) is 9.37 Å². The van der Waals surface area contributed by atoms with Crippen LogP contribution in [0.25, 0.3) is 0 Å². The SMILES string of the molecule is CC(C)C(=O)N1C[C@H]2CN(C(=O)c3ncccc3F)C[C@@]2(C(=O)N2CCCC2)C1. The number of carbonyl (C=O) groups is 3. The fourth-order valence-corrected chi connectivity index (χ4v) is 4.98. The summed E-state index contributed by atoms with van der Waals surface area (Å²) in [4.78, 5) is 48.1. The standard InChI is InChI=1S/C21H27FN4O3/c1-14(2)18(27)25-10-15-11-26(19(28)17-16(22)6-5-7-23-17)13-21(15,12-25)20(29)24-8-3-4-9-24/h5-7,14-15H,3-4,8-13H2,1-2H3/t15-,21-/m0/s1. The molecule has 3 fully saturated rings. The first-order chi connectivity index (χ1) is 13.8. The lowest BCUT2D eigenvalue weighted by Crippen LogP contribution is -2.49. The Bertz CT molecular complexity index is 839. The van der Waals surface area contributed by atoms with Gasteiger partial charge in [0.15, 0.2) is 11.5 Å². The lowest BCUT2D eigenvalue weighted by atomic mass is 9.79. The molecule has 3 aliphatic rings. The number of nitrogens with zero attached hydrogens (tertiary/aromatic N) is 4. The van der Waals surface area contributed by atoms with Crippen molar-refractivity contribution in [1.82, 2.24) is 19.7 Å². The first kappa shape index (κ1) is 19.8. The molecule has 3 aliphatic heterocycles. The minimum Gasteiger partial charge on any atom is -0.342 e. The highest BCUT2D eigenvalue weighted by molar-refractivity contribution is 5.94. The average Bonchev–Trinajstić information content (AvgIpc) is 3.41. The van der Waals surface area contributed by atoms with E-state index in [2.05, 4.69) is 4.98 Å². The van der Waals surface area contributed by atoms with Gasteiger partial charge in [-0.05, 0) is 25.0 Å². The molecular formula is C21H27FN4O3. The molecule has 8 heteroatoms. The van der Waals surface area contributed by atoms with Gasteiger partial charge in [-0.1, -0.05) is 13.8 Å². The fourth-order valence-electron chi connectivity index (χ4n) is 4.98. The molecule has 1 aromatic rings. The van der Waals surface area contributed by atoms with Gasteiger partial charge in [0.25, 0.3) is 5.91 Å². The molecule has 29 heavy (non-hydrogen) atoms.